The molecule has 0 aliphatic rings. The van der Waals surface area contributed by atoms with Crippen LogP contribution in [-0.4, -0.2) is 42.0 Å². The molecule has 3 nitrogen and oxygen atoms in total. The van der Waals surface area contributed by atoms with E-state index in [0.717, 1.165) is 13.1 Å². The van der Waals surface area contributed by atoms with Crippen LogP contribution in [-0.2, 0) is 4.79 Å². The fourth-order valence-corrected chi connectivity index (χ4v) is 0.789. The Labute approximate surface area is 73.8 Å². The first-order valence-electron chi connectivity index (χ1n) is 3.60. The van der Waals surface area contributed by atoms with Gasteiger partial charge in [0.25, 0.3) is 0 Å². The Kier molecular flexibility index (Phi) is 9.77. The molecular formula is C7H16ClNO2. The highest BCUT2D eigenvalue weighted by molar-refractivity contribution is 5.85. The zero-order chi connectivity index (χ0) is 7.98. The lowest BCUT2D eigenvalue weighted by atomic mass is 10.3. The molecule has 0 rings (SSSR count). The first-order chi connectivity index (χ1) is 4.74. The van der Waals surface area contributed by atoms with Gasteiger partial charge in [-0.3, -0.25) is 0 Å². The molecule has 0 fully saturated rings. The molecule has 0 aliphatic heterocycles. The van der Waals surface area contributed by atoms with Crippen molar-refractivity contribution in [1.29, 1.82) is 0 Å². The van der Waals surface area contributed by atoms with Gasteiger partial charge in [0, 0.05) is 6.54 Å². The van der Waals surface area contributed by atoms with Gasteiger partial charge in [0.05, 0.1) is 0 Å². The number of nitrogens with zero attached hydrogens (tertiary/aromatic N) is 1. The normalized spacial score (nSPS) is 12.4. The van der Waals surface area contributed by atoms with E-state index in [1.54, 1.807) is 0 Å². The lowest BCUT2D eigenvalue weighted by Gasteiger charge is -2.18. The van der Waals surface area contributed by atoms with Crippen molar-refractivity contribution < 1.29 is 9.90 Å². The van der Waals surface area contributed by atoms with E-state index in [9.17, 15) is 4.79 Å². The van der Waals surface area contributed by atoms with Gasteiger partial charge >= 0.3 is 0 Å². The lowest BCUT2D eigenvalue weighted by Crippen LogP contribution is -2.32. The van der Waals surface area contributed by atoms with Gasteiger partial charge in [-0.15, -0.1) is 12.4 Å². The van der Waals surface area contributed by atoms with Crippen LogP contribution in [0.4, 0.5) is 0 Å². The molecule has 0 radical (unpaired) electrons. The highest BCUT2D eigenvalue weighted by atomic mass is 35.5. The van der Waals surface area contributed by atoms with E-state index in [1.165, 1.54) is 0 Å². The number of carbonyl (C=O) groups excluding carboxylic acids is 1. The van der Waals surface area contributed by atoms with E-state index in [2.05, 4.69) is 0 Å². The maximum Gasteiger partial charge on any atom is 0.149 e. The Bertz CT molecular complexity index is 96.4. The third-order valence-corrected chi connectivity index (χ3v) is 1.50. The number of aliphatic hydroxyl groups is 1. The standard InChI is InChI=1S/C7H15NO2.ClH/c1-3-8(4-2)5-7(10)6-9;/h6-7,10H,3-5H2,1-2H3;1H. The molecule has 0 saturated heterocycles. The van der Waals surface area contributed by atoms with Crippen LogP contribution in [0.15, 0.2) is 0 Å². The molecule has 11 heavy (non-hydrogen) atoms. The number of hydrogen-bond donors (Lipinski definition) is 1. The van der Waals surface area contributed by atoms with Crippen molar-refractivity contribution in [3.8, 4) is 0 Å². The Balaban J connectivity index is 0. The van der Waals surface area contributed by atoms with E-state index >= 15 is 0 Å². The Morgan fingerprint density at radius 2 is 1.91 bits per heavy atom. The van der Waals surface area contributed by atoms with Crippen LogP contribution in [0.2, 0.25) is 0 Å². The van der Waals surface area contributed by atoms with Crippen LogP contribution in [0.3, 0.4) is 0 Å². The van der Waals surface area contributed by atoms with E-state index in [1.807, 2.05) is 18.7 Å². The number of aldehydes is 1. The number of carbonyl (C=O) groups is 1. The monoisotopic (exact) mass is 181 g/mol. The molecule has 1 unspecified atom stereocenters. The van der Waals surface area contributed by atoms with Gasteiger partial charge in [-0.25, -0.2) is 0 Å². The summed E-state index contributed by atoms with van der Waals surface area (Å²) in [6.07, 6.45) is -0.252. The quantitative estimate of drug-likeness (QED) is 0.621. The van der Waals surface area contributed by atoms with E-state index in [4.69, 9.17) is 5.11 Å². The average Bonchev–Trinajstić information content (AvgIpc) is 1.99. The molecule has 68 valence electrons. The van der Waals surface area contributed by atoms with E-state index in [-0.39, 0.29) is 12.4 Å². The lowest BCUT2D eigenvalue weighted by molar-refractivity contribution is -0.115. The van der Waals surface area contributed by atoms with Crippen LogP contribution < -0.4 is 0 Å². The molecule has 4 heteroatoms. The summed E-state index contributed by atoms with van der Waals surface area (Å²) in [6, 6.07) is 0. The van der Waals surface area contributed by atoms with Gasteiger partial charge < -0.3 is 14.8 Å². The molecule has 0 aromatic carbocycles. The molecule has 0 amide bonds. The third-order valence-electron chi connectivity index (χ3n) is 1.50. The predicted molar refractivity (Wildman–Crippen MR) is 47.1 cm³/mol. The average molecular weight is 182 g/mol. The molecule has 0 aromatic heterocycles. The Morgan fingerprint density at radius 3 is 2.18 bits per heavy atom. The molecule has 0 aliphatic carbocycles. The maximum atomic E-state index is 10.00. The van der Waals surface area contributed by atoms with Gasteiger partial charge in [-0.1, -0.05) is 13.8 Å². The van der Waals surface area contributed by atoms with Crippen molar-refractivity contribution in [2.45, 2.75) is 20.0 Å². The largest absolute Gasteiger partial charge is 0.384 e. The smallest absolute Gasteiger partial charge is 0.149 e. The third kappa shape index (κ3) is 6.28. The summed E-state index contributed by atoms with van der Waals surface area (Å²) in [4.78, 5) is 12.0. The second-order valence-corrected chi connectivity index (χ2v) is 2.19. The zero-order valence-corrected chi connectivity index (χ0v) is 7.80. The first kappa shape index (κ1) is 13.5. The van der Waals surface area contributed by atoms with E-state index in [0.29, 0.717) is 12.8 Å². The summed E-state index contributed by atoms with van der Waals surface area (Å²) in [6.45, 7) is 6.21. The van der Waals surface area contributed by atoms with Crippen LogP contribution in [0.1, 0.15) is 13.8 Å². The van der Waals surface area contributed by atoms with Gasteiger partial charge in [-0.05, 0) is 13.1 Å². The Hall–Kier alpha value is -0.120. The van der Waals surface area contributed by atoms with Crippen LogP contribution in [0, 0.1) is 0 Å². The maximum absolute atomic E-state index is 10.00. The SMILES string of the molecule is CCN(CC)CC(O)C=O.Cl. The summed E-state index contributed by atoms with van der Waals surface area (Å²) >= 11 is 0. The fourth-order valence-electron chi connectivity index (χ4n) is 0.789. The van der Waals surface area contributed by atoms with Crippen molar-refractivity contribution in [3.05, 3.63) is 0 Å². The summed E-state index contributed by atoms with van der Waals surface area (Å²) in [5.41, 5.74) is 0. The zero-order valence-electron chi connectivity index (χ0n) is 6.99. The topological polar surface area (TPSA) is 40.5 Å². The number of rotatable bonds is 5. The fraction of sp³-hybridized carbons (Fsp3) is 0.857. The van der Waals surface area contributed by atoms with E-state index < -0.39 is 6.10 Å². The second-order valence-electron chi connectivity index (χ2n) is 2.19. The summed E-state index contributed by atoms with van der Waals surface area (Å²) in [7, 11) is 0. The molecule has 0 bridgehead atoms. The Morgan fingerprint density at radius 1 is 1.45 bits per heavy atom. The van der Waals surface area contributed by atoms with Gasteiger partial charge in [0.1, 0.15) is 12.4 Å². The first-order valence-corrected chi connectivity index (χ1v) is 3.60. The molecule has 1 atom stereocenters. The molecule has 1 N–H and O–H groups in total. The molecular weight excluding hydrogens is 166 g/mol. The summed E-state index contributed by atoms with van der Waals surface area (Å²) < 4.78 is 0. The van der Waals surface area contributed by atoms with Crippen molar-refractivity contribution in [2.24, 2.45) is 0 Å². The number of likely N-dealkylation sites (N-methyl/N-ethyl adjacent to an activating group) is 1. The number of hydrogen-bond acceptors (Lipinski definition) is 3. The minimum Gasteiger partial charge on any atom is -0.384 e. The van der Waals surface area contributed by atoms with Gasteiger partial charge in [0.2, 0.25) is 0 Å². The highest BCUT2D eigenvalue weighted by Gasteiger charge is 2.05. The van der Waals surface area contributed by atoms with Crippen LogP contribution in [0.5, 0.6) is 0 Å². The molecule has 0 saturated carbocycles. The van der Waals surface area contributed by atoms with Gasteiger partial charge in [-0.2, -0.15) is 0 Å². The molecule has 0 aromatic rings. The second kappa shape index (κ2) is 7.98. The summed E-state index contributed by atoms with van der Waals surface area (Å²) in [5.74, 6) is 0. The van der Waals surface area contributed by atoms with Crippen molar-refractivity contribution in [2.75, 3.05) is 19.6 Å². The minimum atomic E-state index is -0.820. The van der Waals surface area contributed by atoms with Crippen LogP contribution in [0.25, 0.3) is 0 Å². The molecule has 0 heterocycles. The number of aliphatic hydroxyl groups excluding tert-OH is 1. The van der Waals surface area contributed by atoms with Crippen molar-refractivity contribution in [1.82, 2.24) is 4.90 Å². The minimum absolute atomic E-state index is 0. The van der Waals surface area contributed by atoms with Crippen molar-refractivity contribution in [3.63, 3.8) is 0 Å². The predicted octanol–water partition coefficient (Wildman–Crippen LogP) is 0.310. The number of halogens is 1. The summed E-state index contributed by atoms with van der Waals surface area (Å²) in [5, 5.41) is 8.88. The van der Waals surface area contributed by atoms with Crippen molar-refractivity contribution >= 4 is 18.7 Å². The molecule has 0 spiro atoms. The van der Waals surface area contributed by atoms with Gasteiger partial charge in [0.15, 0.2) is 0 Å². The highest BCUT2D eigenvalue weighted by Crippen LogP contribution is 1.88. The van der Waals surface area contributed by atoms with Crippen LogP contribution >= 0.6 is 12.4 Å².